The molecule has 2 rings (SSSR count). The summed E-state index contributed by atoms with van der Waals surface area (Å²) in [5.41, 5.74) is 0. The van der Waals surface area contributed by atoms with E-state index in [-0.39, 0.29) is 21.2 Å². The lowest BCUT2D eigenvalue weighted by atomic mass is 10.1. The maximum absolute atomic E-state index is 5.83. The van der Waals surface area contributed by atoms with Gasteiger partial charge in [0.05, 0.1) is 6.61 Å². The minimum Gasteiger partial charge on any atom is -0.494 e. The Morgan fingerprint density at radius 2 is 1.36 bits per heavy atom. The normalized spacial score (nSPS) is 10.6. The Balaban J connectivity index is 1.66. The largest absolute Gasteiger partial charge is 0.494 e. The highest BCUT2D eigenvalue weighted by Crippen LogP contribution is 2.29. The molecule has 0 saturated carbocycles. The highest BCUT2D eigenvalue weighted by Gasteiger charge is 1.98. The van der Waals surface area contributed by atoms with Crippen LogP contribution in [0.2, 0.25) is 0 Å². The molecule has 2 aromatic rings. The van der Waals surface area contributed by atoms with E-state index < -0.39 is 0 Å². The van der Waals surface area contributed by atoms with E-state index in [9.17, 15) is 0 Å². The molecule has 2 aromatic carbocycles. The summed E-state index contributed by atoms with van der Waals surface area (Å²) in [6.07, 6.45) is 7.85. The standard InChI is InChI=1S/C20H26IO/c1-2-3-4-5-6-10-17-22-20-15-13-19(14-16-20)21-18-11-8-7-9-12-18/h7-9,11-16H,2-6,10,17H2,1H3. The van der Waals surface area contributed by atoms with E-state index in [1.165, 1.54) is 45.7 Å². The molecule has 0 unspecified atom stereocenters. The van der Waals surface area contributed by atoms with Gasteiger partial charge in [0, 0.05) is 7.14 Å². The fraction of sp³-hybridized carbons (Fsp3) is 0.400. The van der Waals surface area contributed by atoms with Crippen molar-refractivity contribution >= 4 is 21.2 Å². The van der Waals surface area contributed by atoms with Gasteiger partial charge in [-0.25, -0.2) is 0 Å². The maximum atomic E-state index is 5.83. The van der Waals surface area contributed by atoms with E-state index >= 15 is 0 Å². The fourth-order valence-corrected chi connectivity index (χ4v) is 4.48. The van der Waals surface area contributed by atoms with Gasteiger partial charge < -0.3 is 4.74 Å². The van der Waals surface area contributed by atoms with Gasteiger partial charge in [0.25, 0.3) is 0 Å². The summed E-state index contributed by atoms with van der Waals surface area (Å²) in [6.45, 7) is 3.10. The Bertz CT molecular complexity index is 507. The molecule has 1 radical (unpaired) electrons. The zero-order valence-electron chi connectivity index (χ0n) is 13.4. The van der Waals surface area contributed by atoms with Crippen molar-refractivity contribution in [1.29, 1.82) is 0 Å². The van der Waals surface area contributed by atoms with E-state index in [0.717, 1.165) is 12.4 Å². The molecule has 1 nitrogen and oxygen atoms in total. The molecule has 0 aliphatic heterocycles. The lowest BCUT2D eigenvalue weighted by Crippen LogP contribution is -1.97. The number of hydrogen-bond donors (Lipinski definition) is 0. The van der Waals surface area contributed by atoms with Crippen molar-refractivity contribution in [1.82, 2.24) is 0 Å². The summed E-state index contributed by atoms with van der Waals surface area (Å²) in [5, 5.41) is 0. The van der Waals surface area contributed by atoms with Crippen molar-refractivity contribution in [2.24, 2.45) is 0 Å². The number of benzene rings is 2. The summed E-state index contributed by atoms with van der Waals surface area (Å²) in [7, 11) is 0. The van der Waals surface area contributed by atoms with Gasteiger partial charge in [-0.3, -0.25) is 0 Å². The minimum absolute atomic E-state index is 0.0655. The van der Waals surface area contributed by atoms with Crippen molar-refractivity contribution in [3.63, 3.8) is 0 Å². The highest BCUT2D eigenvalue weighted by molar-refractivity contribution is 14.2. The van der Waals surface area contributed by atoms with Crippen LogP contribution in [0.25, 0.3) is 0 Å². The number of ether oxygens (including phenoxy) is 1. The van der Waals surface area contributed by atoms with Crippen molar-refractivity contribution in [3.8, 4) is 5.75 Å². The van der Waals surface area contributed by atoms with Crippen molar-refractivity contribution in [3.05, 3.63) is 61.7 Å². The van der Waals surface area contributed by atoms with E-state index in [0.29, 0.717) is 0 Å². The molecule has 0 N–H and O–H groups in total. The van der Waals surface area contributed by atoms with E-state index in [2.05, 4.69) is 61.5 Å². The van der Waals surface area contributed by atoms with Crippen LogP contribution in [0.5, 0.6) is 5.75 Å². The molecule has 22 heavy (non-hydrogen) atoms. The SMILES string of the molecule is CCCCCCCCOc1ccc([I]c2ccccc2)cc1. The number of halogens is 1. The highest BCUT2D eigenvalue weighted by atomic mass is 127. The monoisotopic (exact) mass is 409 g/mol. The lowest BCUT2D eigenvalue weighted by molar-refractivity contribution is 0.304. The average molecular weight is 409 g/mol. The third-order valence-electron chi connectivity index (χ3n) is 3.53. The van der Waals surface area contributed by atoms with Crippen LogP contribution in [0.15, 0.2) is 54.6 Å². The molecular weight excluding hydrogens is 383 g/mol. The molecule has 0 aliphatic rings. The minimum atomic E-state index is -0.0655. The predicted octanol–water partition coefficient (Wildman–Crippen LogP) is 6.44. The first kappa shape index (κ1) is 17.3. The Morgan fingerprint density at radius 1 is 0.727 bits per heavy atom. The smallest absolute Gasteiger partial charge is 0.119 e. The molecule has 0 fully saturated rings. The van der Waals surface area contributed by atoms with Crippen LogP contribution >= 0.6 is 21.2 Å². The molecule has 2 heteroatoms. The van der Waals surface area contributed by atoms with Gasteiger partial charge in [0.15, 0.2) is 0 Å². The number of unbranched alkanes of at least 4 members (excludes halogenated alkanes) is 5. The molecule has 0 heterocycles. The van der Waals surface area contributed by atoms with Gasteiger partial charge >= 0.3 is 0 Å². The van der Waals surface area contributed by atoms with Crippen molar-refractivity contribution in [2.45, 2.75) is 45.4 Å². The average Bonchev–Trinajstić information content (AvgIpc) is 2.56. The molecule has 0 saturated heterocycles. The number of rotatable bonds is 10. The molecule has 0 aromatic heterocycles. The summed E-state index contributed by atoms with van der Waals surface area (Å²) < 4.78 is 8.73. The van der Waals surface area contributed by atoms with E-state index in [1.807, 2.05) is 0 Å². The maximum Gasteiger partial charge on any atom is 0.119 e. The molecule has 0 atom stereocenters. The molecule has 0 spiro atoms. The topological polar surface area (TPSA) is 9.23 Å². The quantitative estimate of drug-likeness (QED) is 0.324. The van der Waals surface area contributed by atoms with Gasteiger partial charge in [0.2, 0.25) is 0 Å². The molecular formula is C20H26IO. The van der Waals surface area contributed by atoms with Crippen molar-refractivity contribution < 1.29 is 4.74 Å². The van der Waals surface area contributed by atoms with Gasteiger partial charge in [-0.2, -0.15) is 0 Å². The Labute approximate surface area is 145 Å². The Hall–Kier alpha value is -1.03. The van der Waals surface area contributed by atoms with Crippen LogP contribution in [-0.4, -0.2) is 6.61 Å². The second-order valence-corrected chi connectivity index (χ2v) is 8.49. The zero-order chi connectivity index (χ0) is 15.5. The third-order valence-corrected chi connectivity index (χ3v) is 6.22. The van der Waals surface area contributed by atoms with Crippen LogP contribution in [0.3, 0.4) is 0 Å². The van der Waals surface area contributed by atoms with E-state index in [1.54, 1.807) is 0 Å². The van der Waals surface area contributed by atoms with Gasteiger partial charge in [-0.1, -0.05) is 78.4 Å². The van der Waals surface area contributed by atoms with Crippen molar-refractivity contribution in [2.75, 3.05) is 6.61 Å². The summed E-state index contributed by atoms with van der Waals surface area (Å²) in [5.74, 6) is 1.01. The van der Waals surface area contributed by atoms with Crippen LogP contribution in [0.4, 0.5) is 0 Å². The fourth-order valence-electron chi connectivity index (χ4n) is 2.27. The van der Waals surface area contributed by atoms with Gasteiger partial charge in [0.1, 0.15) is 5.75 Å². The first-order valence-electron chi connectivity index (χ1n) is 8.31. The van der Waals surface area contributed by atoms with Crippen LogP contribution in [0, 0.1) is 7.14 Å². The van der Waals surface area contributed by atoms with Gasteiger partial charge in [-0.05, 0) is 42.8 Å². The summed E-state index contributed by atoms with van der Waals surface area (Å²) in [6, 6.07) is 19.4. The van der Waals surface area contributed by atoms with Gasteiger partial charge in [-0.15, -0.1) is 0 Å². The third kappa shape index (κ3) is 6.82. The summed E-state index contributed by atoms with van der Waals surface area (Å²) in [4.78, 5) is 0. The first-order chi connectivity index (χ1) is 10.9. The lowest BCUT2D eigenvalue weighted by Gasteiger charge is -2.07. The Kier molecular flexibility index (Phi) is 8.39. The molecule has 119 valence electrons. The predicted molar refractivity (Wildman–Crippen MR) is 103 cm³/mol. The molecule has 0 amide bonds. The Morgan fingerprint density at radius 3 is 2.09 bits per heavy atom. The van der Waals surface area contributed by atoms with Crippen LogP contribution in [-0.2, 0) is 0 Å². The molecule has 0 aliphatic carbocycles. The van der Waals surface area contributed by atoms with E-state index in [4.69, 9.17) is 4.74 Å². The first-order valence-corrected chi connectivity index (χ1v) is 10.5. The van der Waals surface area contributed by atoms with Crippen LogP contribution in [0.1, 0.15) is 45.4 Å². The van der Waals surface area contributed by atoms with Crippen LogP contribution < -0.4 is 4.74 Å². The number of hydrogen-bond acceptors (Lipinski definition) is 1. The second-order valence-electron chi connectivity index (χ2n) is 5.46. The summed E-state index contributed by atoms with van der Waals surface area (Å²) >= 11 is -0.0655. The molecule has 0 bridgehead atoms. The zero-order valence-corrected chi connectivity index (χ0v) is 15.6. The second kappa shape index (κ2) is 10.7.